The summed E-state index contributed by atoms with van der Waals surface area (Å²) in [5, 5.41) is 1.23. The first-order valence-electron chi connectivity index (χ1n) is 6.87. The van der Waals surface area contributed by atoms with E-state index in [1.807, 2.05) is 0 Å². The molecule has 0 fully saturated rings. The van der Waals surface area contributed by atoms with Crippen LogP contribution in [0, 0.1) is 6.92 Å². The highest BCUT2D eigenvalue weighted by molar-refractivity contribution is 5.81. The normalized spacial score (nSPS) is 10.8. The molecule has 0 aliphatic heterocycles. The Morgan fingerprint density at radius 2 is 1.72 bits per heavy atom. The van der Waals surface area contributed by atoms with Crippen LogP contribution in [0.15, 0.2) is 30.3 Å². The van der Waals surface area contributed by atoms with Crippen LogP contribution in [-0.2, 0) is 0 Å². The van der Waals surface area contributed by atoms with E-state index in [0.29, 0.717) is 0 Å². The van der Waals surface area contributed by atoms with E-state index in [1.165, 1.54) is 10.9 Å². The molecule has 18 heavy (non-hydrogen) atoms. The van der Waals surface area contributed by atoms with E-state index >= 15 is 0 Å². The summed E-state index contributed by atoms with van der Waals surface area (Å²) in [6, 6.07) is 10.6. The summed E-state index contributed by atoms with van der Waals surface area (Å²) >= 11 is 0. The van der Waals surface area contributed by atoms with Gasteiger partial charge in [-0.15, -0.1) is 0 Å². The SMILES string of the molecule is CCCN(CCC)c1nc2ccccc2cc1C. The molecule has 96 valence electrons. The Bertz CT molecular complexity index is 513. The molecule has 0 bridgehead atoms. The molecule has 0 amide bonds. The number of benzene rings is 1. The van der Waals surface area contributed by atoms with E-state index in [1.54, 1.807) is 0 Å². The number of para-hydroxylation sites is 1. The molecule has 2 aromatic rings. The maximum Gasteiger partial charge on any atom is 0.132 e. The average Bonchev–Trinajstić information content (AvgIpc) is 2.38. The minimum atomic E-state index is 1.08. The Labute approximate surface area is 110 Å². The van der Waals surface area contributed by atoms with Gasteiger partial charge < -0.3 is 4.90 Å². The van der Waals surface area contributed by atoms with Crippen LogP contribution in [-0.4, -0.2) is 18.1 Å². The largest absolute Gasteiger partial charge is 0.356 e. The number of pyridine rings is 1. The van der Waals surface area contributed by atoms with Gasteiger partial charge in [-0.05, 0) is 37.5 Å². The van der Waals surface area contributed by atoms with Crippen LogP contribution in [0.1, 0.15) is 32.3 Å². The van der Waals surface area contributed by atoms with Gasteiger partial charge in [-0.25, -0.2) is 4.98 Å². The zero-order valence-corrected chi connectivity index (χ0v) is 11.6. The molecule has 0 radical (unpaired) electrons. The van der Waals surface area contributed by atoms with Crippen molar-refractivity contribution in [3.8, 4) is 0 Å². The fourth-order valence-electron chi connectivity index (χ4n) is 2.40. The van der Waals surface area contributed by atoms with E-state index < -0.39 is 0 Å². The van der Waals surface area contributed by atoms with E-state index in [4.69, 9.17) is 4.98 Å². The number of anilines is 1. The quantitative estimate of drug-likeness (QED) is 0.782. The Morgan fingerprint density at radius 1 is 1.06 bits per heavy atom. The summed E-state index contributed by atoms with van der Waals surface area (Å²) in [6.07, 6.45) is 2.32. The van der Waals surface area contributed by atoms with Crippen LogP contribution < -0.4 is 4.90 Å². The van der Waals surface area contributed by atoms with E-state index in [-0.39, 0.29) is 0 Å². The molecule has 0 saturated carbocycles. The van der Waals surface area contributed by atoms with Crippen LogP contribution in [0.4, 0.5) is 5.82 Å². The zero-order valence-electron chi connectivity index (χ0n) is 11.6. The summed E-state index contributed by atoms with van der Waals surface area (Å²) in [5.41, 5.74) is 2.37. The minimum Gasteiger partial charge on any atom is -0.356 e. The molecule has 1 aromatic carbocycles. The summed E-state index contributed by atoms with van der Waals surface area (Å²) < 4.78 is 0. The average molecular weight is 242 g/mol. The van der Waals surface area contributed by atoms with Gasteiger partial charge in [-0.2, -0.15) is 0 Å². The van der Waals surface area contributed by atoms with Crippen molar-refractivity contribution in [1.82, 2.24) is 4.98 Å². The van der Waals surface area contributed by atoms with Crippen molar-refractivity contribution in [1.29, 1.82) is 0 Å². The predicted octanol–water partition coefficient (Wildman–Crippen LogP) is 4.17. The third-order valence-corrected chi connectivity index (χ3v) is 3.17. The maximum absolute atomic E-state index is 4.84. The van der Waals surface area contributed by atoms with Crippen LogP contribution in [0.2, 0.25) is 0 Å². The van der Waals surface area contributed by atoms with Gasteiger partial charge in [0.25, 0.3) is 0 Å². The Balaban J connectivity index is 2.44. The lowest BCUT2D eigenvalue weighted by molar-refractivity contribution is 0.733. The van der Waals surface area contributed by atoms with Crippen LogP contribution in [0.25, 0.3) is 10.9 Å². The fraction of sp³-hybridized carbons (Fsp3) is 0.438. The second-order valence-electron chi connectivity index (χ2n) is 4.81. The molecule has 0 aliphatic rings. The van der Waals surface area contributed by atoms with Crippen molar-refractivity contribution in [3.63, 3.8) is 0 Å². The van der Waals surface area contributed by atoms with Gasteiger partial charge in [0.2, 0.25) is 0 Å². The Kier molecular flexibility index (Phi) is 4.19. The highest BCUT2D eigenvalue weighted by Gasteiger charge is 2.10. The number of hydrogen-bond donors (Lipinski definition) is 0. The number of fused-ring (bicyclic) bond motifs is 1. The van der Waals surface area contributed by atoms with Crippen molar-refractivity contribution >= 4 is 16.7 Å². The van der Waals surface area contributed by atoms with Gasteiger partial charge in [-0.3, -0.25) is 0 Å². The molecule has 2 nitrogen and oxygen atoms in total. The number of hydrogen-bond acceptors (Lipinski definition) is 2. The first-order chi connectivity index (χ1) is 8.76. The summed E-state index contributed by atoms with van der Waals surface area (Å²) in [5.74, 6) is 1.15. The lowest BCUT2D eigenvalue weighted by atomic mass is 10.1. The van der Waals surface area contributed by atoms with Gasteiger partial charge in [0, 0.05) is 18.5 Å². The lowest BCUT2D eigenvalue weighted by Gasteiger charge is -2.24. The maximum atomic E-state index is 4.84. The highest BCUT2D eigenvalue weighted by Crippen LogP contribution is 2.23. The predicted molar refractivity (Wildman–Crippen MR) is 79.3 cm³/mol. The molecule has 0 atom stereocenters. The molecule has 1 heterocycles. The van der Waals surface area contributed by atoms with Gasteiger partial charge >= 0.3 is 0 Å². The van der Waals surface area contributed by atoms with E-state index in [2.05, 4.69) is 56.0 Å². The van der Waals surface area contributed by atoms with Gasteiger partial charge in [0.15, 0.2) is 0 Å². The number of nitrogens with zero attached hydrogens (tertiary/aromatic N) is 2. The highest BCUT2D eigenvalue weighted by atomic mass is 15.2. The first kappa shape index (κ1) is 12.9. The number of rotatable bonds is 5. The second-order valence-corrected chi connectivity index (χ2v) is 4.81. The van der Waals surface area contributed by atoms with E-state index in [0.717, 1.165) is 37.3 Å². The van der Waals surface area contributed by atoms with Crippen molar-refractivity contribution < 1.29 is 0 Å². The van der Waals surface area contributed by atoms with Crippen molar-refractivity contribution in [2.75, 3.05) is 18.0 Å². The van der Waals surface area contributed by atoms with Crippen molar-refractivity contribution in [2.45, 2.75) is 33.6 Å². The summed E-state index contributed by atoms with van der Waals surface area (Å²) in [4.78, 5) is 7.24. The molecule has 2 heteroatoms. The topological polar surface area (TPSA) is 16.1 Å². The van der Waals surface area contributed by atoms with Gasteiger partial charge in [0.05, 0.1) is 5.52 Å². The fourth-order valence-corrected chi connectivity index (χ4v) is 2.40. The minimum absolute atomic E-state index is 1.08. The molecule has 0 unspecified atom stereocenters. The van der Waals surface area contributed by atoms with E-state index in [9.17, 15) is 0 Å². The number of aromatic nitrogens is 1. The van der Waals surface area contributed by atoms with Gasteiger partial charge in [0.1, 0.15) is 5.82 Å². The molecule has 2 rings (SSSR count). The summed E-state index contributed by atoms with van der Waals surface area (Å²) in [7, 11) is 0. The molecule has 0 saturated heterocycles. The zero-order chi connectivity index (χ0) is 13.0. The standard InChI is InChI=1S/C16H22N2/c1-4-10-18(11-5-2)16-13(3)12-14-8-6-7-9-15(14)17-16/h6-9,12H,4-5,10-11H2,1-3H3. The van der Waals surface area contributed by atoms with Crippen LogP contribution >= 0.6 is 0 Å². The summed E-state index contributed by atoms with van der Waals surface area (Å²) in [6.45, 7) is 8.77. The molecular weight excluding hydrogens is 220 g/mol. The monoisotopic (exact) mass is 242 g/mol. The third kappa shape index (κ3) is 2.63. The second kappa shape index (κ2) is 5.85. The van der Waals surface area contributed by atoms with Crippen LogP contribution in [0.3, 0.4) is 0 Å². The van der Waals surface area contributed by atoms with Gasteiger partial charge in [-0.1, -0.05) is 32.0 Å². The van der Waals surface area contributed by atoms with Crippen LogP contribution in [0.5, 0.6) is 0 Å². The molecule has 0 spiro atoms. The smallest absolute Gasteiger partial charge is 0.132 e. The van der Waals surface area contributed by atoms with Crippen molar-refractivity contribution in [2.24, 2.45) is 0 Å². The first-order valence-corrected chi connectivity index (χ1v) is 6.87. The lowest BCUT2D eigenvalue weighted by Crippen LogP contribution is -2.26. The Hall–Kier alpha value is -1.57. The number of aryl methyl sites for hydroxylation is 1. The molecule has 1 aromatic heterocycles. The molecule has 0 aliphatic carbocycles. The molecular formula is C16H22N2. The molecule has 0 N–H and O–H groups in total. The van der Waals surface area contributed by atoms with Crippen molar-refractivity contribution in [3.05, 3.63) is 35.9 Å². The Morgan fingerprint density at radius 3 is 2.39 bits per heavy atom. The third-order valence-electron chi connectivity index (χ3n) is 3.17.